The maximum Gasteiger partial charge on any atom is 0.352 e. The van der Waals surface area contributed by atoms with Crippen LogP contribution in [0.25, 0.3) is 0 Å². The molecule has 21 heavy (non-hydrogen) atoms. The molecule has 7 nitrogen and oxygen atoms in total. The number of thioether (sulfide) groups is 2. The van der Waals surface area contributed by atoms with Crippen LogP contribution in [0.5, 0.6) is 0 Å². The monoisotopic (exact) mass is 346 g/mol. The van der Waals surface area contributed by atoms with Crippen LogP contribution < -0.4 is 5.14 Å². The van der Waals surface area contributed by atoms with Crippen molar-refractivity contribution in [2.24, 2.45) is 21.3 Å². The van der Waals surface area contributed by atoms with E-state index in [1.807, 2.05) is 6.26 Å². The van der Waals surface area contributed by atoms with Crippen molar-refractivity contribution in [2.75, 3.05) is 17.8 Å². The second kappa shape index (κ2) is 5.34. The number of carboxylic acids is 1. The first kappa shape index (κ1) is 14.9. The highest BCUT2D eigenvalue weighted by Crippen LogP contribution is 2.47. The third kappa shape index (κ3) is 2.50. The van der Waals surface area contributed by atoms with Crippen molar-refractivity contribution in [3.63, 3.8) is 0 Å². The van der Waals surface area contributed by atoms with Crippen LogP contribution >= 0.6 is 33.7 Å². The minimum absolute atomic E-state index is 0.0944. The van der Waals surface area contributed by atoms with Crippen LogP contribution in [0.4, 0.5) is 0 Å². The third-order valence-corrected chi connectivity index (χ3v) is 8.24. The van der Waals surface area contributed by atoms with Gasteiger partial charge in [-0.1, -0.05) is 11.8 Å². The number of nitrogens with zero attached hydrogens (tertiary/aromatic N) is 3. The van der Waals surface area contributed by atoms with E-state index >= 15 is 0 Å². The second-order valence-corrected chi connectivity index (χ2v) is 9.99. The summed E-state index contributed by atoms with van der Waals surface area (Å²) in [5, 5.41) is 23.0. The van der Waals surface area contributed by atoms with Crippen LogP contribution in [0.1, 0.15) is 0 Å². The van der Waals surface area contributed by atoms with Gasteiger partial charge in [0.1, 0.15) is 5.70 Å². The minimum atomic E-state index is -1.55. The van der Waals surface area contributed by atoms with Gasteiger partial charge in [-0.25, -0.2) is 4.79 Å². The van der Waals surface area contributed by atoms with Crippen molar-refractivity contribution >= 4 is 55.5 Å². The average molecular weight is 346 g/mol. The largest absolute Gasteiger partial charge is 0.477 e. The van der Waals surface area contributed by atoms with Gasteiger partial charge in [0.15, 0.2) is 4.38 Å². The van der Waals surface area contributed by atoms with Gasteiger partial charge >= 0.3 is 5.97 Å². The molecule has 0 bridgehead atoms. The molecule has 3 atom stereocenters. The number of hydrogen-bond donors (Lipinski definition) is 2. The molecule has 0 aromatic heterocycles. The van der Waals surface area contributed by atoms with Gasteiger partial charge in [-0.05, 0) is 12.3 Å². The van der Waals surface area contributed by atoms with Gasteiger partial charge in [-0.15, -0.1) is 27.1 Å². The van der Waals surface area contributed by atoms with Gasteiger partial charge in [0, 0.05) is 11.5 Å². The fraction of sp³-hybridized carbons (Fsp3) is 0.455. The summed E-state index contributed by atoms with van der Waals surface area (Å²) >= 11 is 3.04. The van der Waals surface area contributed by atoms with Crippen LogP contribution in [-0.4, -0.2) is 54.9 Å². The van der Waals surface area contributed by atoms with Gasteiger partial charge in [0.2, 0.25) is 5.91 Å². The van der Waals surface area contributed by atoms with Gasteiger partial charge < -0.3 is 5.11 Å². The van der Waals surface area contributed by atoms with E-state index in [9.17, 15) is 9.59 Å². The van der Waals surface area contributed by atoms with Crippen molar-refractivity contribution in [3.8, 4) is 0 Å². The molecule has 0 aliphatic carbocycles. The predicted octanol–water partition coefficient (Wildman–Crippen LogP) is 0.840. The molecule has 0 saturated carbocycles. The Balaban J connectivity index is 1.64. The lowest BCUT2D eigenvalue weighted by Gasteiger charge is -2.48. The summed E-state index contributed by atoms with van der Waals surface area (Å²) in [5.41, 5.74) is 1.76. The quantitative estimate of drug-likeness (QED) is 0.733. The molecule has 114 valence electrons. The maximum absolute atomic E-state index is 12.2. The Morgan fingerprint density at radius 2 is 2.48 bits per heavy atom. The molecule has 1 amide bonds. The highest BCUT2D eigenvalue weighted by molar-refractivity contribution is 8.63. The molecule has 3 aliphatic rings. The smallest absolute Gasteiger partial charge is 0.352 e. The normalized spacial score (nSPS) is 37.2. The summed E-state index contributed by atoms with van der Waals surface area (Å²) in [6, 6.07) is 0. The standard InChI is InChI=1S/C11H14N4O3S3/c1-21(12)5-13-14-11(21)20-4-6-8(16)15-7(10(17)18)2-3-19-9(6)15/h2,5-6,9H,3-4,12H2,1H3,(H,17,18). The van der Waals surface area contributed by atoms with E-state index in [0.29, 0.717) is 11.5 Å². The van der Waals surface area contributed by atoms with E-state index in [2.05, 4.69) is 10.2 Å². The van der Waals surface area contributed by atoms with Gasteiger partial charge in [0.05, 0.1) is 16.8 Å². The van der Waals surface area contributed by atoms with Crippen molar-refractivity contribution < 1.29 is 14.7 Å². The first-order valence-corrected chi connectivity index (χ1v) is 10.3. The van der Waals surface area contributed by atoms with E-state index < -0.39 is 16.2 Å². The predicted molar refractivity (Wildman–Crippen MR) is 88.4 cm³/mol. The Kier molecular flexibility index (Phi) is 3.80. The Labute approximate surface area is 131 Å². The number of amides is 1. The molecule has 3 aliphatic heterocycles. The molecule has 3 heterocycles. The summed E-state index contributed by atoms with van der Waals surface area (Å²) in [6.07, 6.45) is 3.48. The Bertz CT molecular complexity index is 602. The average Bonchev–Trinajstić information content (AvgIpc) is 2.76. The lowest BCUT2D eigenvalue weighted by atomic mass is 9.99. The van der Waals surface area contributed by atoms with E-state index in [0.717, 1.165) is 4.38 Å². The Morgan fingerprint density at radius 1 is 1.71 bits per heavy atom. The lowest BCUT2D eigenvalue weighted by molar-refractivity contribution is -0.151. The number of nitrogens with two attached hydrogens (primary N) is 1. The van der Waals surface area contributed by atoms with Crippen LogP contribution in [-0.2, 0) is 9.59 Å². The summed E-state index contributed by atoms with van der Waals surface area (Å²) in [7, 11) is -1.55. The molecule has 10 heteroatoms. The molecule has 0 aromatic carbocycles. The fourth-order valence-corrected chi connectivity index (χ4v) is 6.30. The number of rotatable bonds is 3. The first-order valence-electron chi connectivity index (χ1n) is 6.10. The molecule has 3 N–H and O–H groups in total. The zero-order chi connectivity index (χ0) is 15.2. The first-order chi connectivity index (χ1) is 9.92. The van der Waals surface area contributed by atoms with E-state index in [-0.39, 0.29) is 22.9 Å². The SMILES string of the molecule is CS1(N)C=NN=C1SCC1C(=O)N2C(C(=O)O)=CCSC12. The summed E-state index contributed by atoms with van der Waals surface area (Å²) in [6.45, 7) is 0. The lowest BCUT2D eigenvalue weighted by Crippen LogP contribution is -2.61. The van der Waals surface area contributed by atoms with Crippen LogP contribution in [0, 0.1) is 5.92 Å². The molecular weight excluding hydrogens is 332 g/mol. The number of aliphatic carboxylic acids is 1. The maximum atomic E-state index is 12.2. The van der Waals surface area contributed by atoms with Crippen molar-refractivity contribution in [1.82, 2.24) is 4.90 Å². The van der Waals surface area contributed by atoms with E-state index in [4.69, 9.17) is 10.2 Å². The number of fused-ring (bicyclic) bond motifs is 1. The Hall–Kier alpha value is -0.970. The van der Waals surface area contributed by atoms with E-state index in [1.54, 1.807) is 23.4 Å². The second-order valence-electron chi connectivity index (χ2n) is 4.88. The molecule has 0 radical (unpaired) electrons. The molecule has 3 unspecified atom stereocenters. The number of β-lactam (4-membered cyclic amide) rings is 1. The van der Waals surface area contributed by atoms with Crippen LogP contribution in [0.3, 0.4) is 0 Å². The van der Waals surface area contributed by atoms with Gasteiger partial charge in [-0.3, -0.25) is 14.8 Å². The number of carbonyl (C=O) groups excluding carboxylic acids is 1. The zero-order valence-corrected chi connectivity index (χ0v) is 13.6. The van der Waals surface area contributed by atoms with E-state index in [1.165, 1.54) is 16.7 Å². The number of carbonyl (C=O) groups is 2. The molecular formula is C11H14N4O3S3. The molecule has 0 spiro atoms. The zero-order valence-electron chi connectivity index (χ0n) is 11.1. The highest BCUT2D eigenvalue weighted by Gasteiger charge is 2.51. The molecule has 1 fully saturated rings. The van der Waals surface area contributed by atoms with Gasteiger partial charge in [0.25, 0.3) is 0 Å². The number of hydrogen-bond acceptors (Lipinski definition) is 7. The molecule has 3 rings (SSSR count). The van der Waals surface area contributed by atoms with Gasteiger partial charge in [-0.2, -0.15) is 5.10 Å². The summed E-state index contributed by atoms with van der Waals surface area (Å²) in [4.78, 5) is 24.7. The number of carboxylic acid groups (broad SMARTS) is 1. The third-order valence-electron chi connectivity index (χ3n) is 3.34. The fourth-order valence-electron chi connectivity index (χ4n) is 2.26. The summed E-state index contributed by atoms with van der Waals surface area (Å²) in [5.74, 6) is -0.210. The highest BCUT2D eigenvalue weighted by atomic mass is 32.3. The van der Waals surface area contributed by atoms with Crippen LogP contribution in [0.15, 0.2) is 22.0 Å². The van der Waals surface area contributed by atoms with Crippen molar-refractivity contribution in [3.05, 3.63) is 11.8 Å². The molecule has 0 aromatic rings. The Morgan fingerprint density at radius 3 is 3.10 bits per heavy atom. The topological polar surface area (TPSA) is 108 Å². The van der Waals surface area contributed by atoms with Crippen molar-refractivity contribution in [2.45, 2.75) is 5.37 Å². The molecule has 1 saturated heterocycles. The van der Waals surface area contributed by atoms with Crippen LogP contribution in [0.2, 0.25) is 0 Å². The summed E-state index contributed by atoms with van der Waals surface area (Å²) < 4.78 is 0.767. The minimum Gasteiger partial charge on any atom is -0.477 e. The van der Waals surface area contributed by atoms with Crippen molar-refractivity contribution in [1.29, 1.82) is 0 Å².